The van der Waals surface area contributed by atoms with Crippen molar-refractivity contribution in [2.45, 2.75) is 31.0 Å². The smallest absolute Gasteiger partial charge is 0.239 e. The summed E-state index contributed by atoms with van der Waals surface area (Å²) in [4.78, 5) is 20.4. The number of amides is 1. The summed E-state index contributed by atoms with van der Waals surface area (Å²) in [6.45, 7) is 5.23. The topological polar surface area (TPSA) is 60.6 Å². The van der Waals surface area contributed by atoms with Crippen LogP contribution in [0.5, 0.6) is 0 Å². The van der Waals surface area contributed by atoms with Crippen LogP contribution in [0.1, 0.15) is 18.4 Å². The van der Waals surface area contributed by atoms with Gasteiger partial charge in [0, 0.05) is 56.9 Å². The fourth-order valence-electron chi connectivity index (χ4n) is 4.72. The van der Waals surface area contributed by atoms with Crippen molar-refractivity contribution in [2.75, 3.05) is 39.8 Å². The van der Waals surface area contributed by atoms with E-state index < -0.39 is 0 Å². The van der Waals surface area contributed by atoms with Crippen LogP contribution in [0.15, 0.2) is 30.5 Å². The van der Waals surface area contributed by atoms with Crippen LogP contribution in [0.25, 0.3) is 10.9 Å². The Morgan fingerprint density at radius 1 is 1.30 bits per heavy atom. The molecular formula is C21H28N4O2. The first-order chi connectivity index (χ1) is 13.2. The highest BCUT2D eigenvalue weighted by atomic mass is 16.5. The molecular weight excluding hydrogens is 340 g/mol. The number of fused-ring (bicyclic) bond motifs is 1. The summed E-state index contributed by atoms with van der Waals surface area (Å²) < 4.78 is 6.26. The van der Waals surface area contributed by atoms with E-state index in [0.717, 1.165) is 38.6 Å². The van der Waals surface area contributed by atoms with E-state index in [1.165, 1.54) is 29.3 Å². The number of H-pyrrole nitrogens is 1. The molecule has 1 aromatic carbocycles. The molecule has 6 nitrogen and oxygen atoms in total. The Hall–Kier alpha value is -1.89. The lowest BCUT2D eigenvalue weighted by atomic mass is 9.89. The van der Waals surface area contributed by atoms with Crippen molar-refractivity contribution < 1.29 is 9.53 Å². The number of aromatic amines is 1. The summed E-state index contributed by atoms with van der Waals surface area (Å²) in [6.07, 6.45) is 4.61. The molecule has 5 rings (SSSR count). The number of ether oxygens (including phenoxy) is 1. The van der Waals surface area contributed by atoms with E-state index in [-0.39, 0.29) is 17.6 Å². The number of likely N-dealkylation sites (tertiary alicyclic amines) is 1. The quantitative estimate of drug-likeness (QED) is 0.841. The molecule has 27 heavy (non-hydrogen) atoms. The Kier molecular flexibility index (Phi) is 4.22. The molecule has 2 aliphatic heterocycles. The summed E-state index contributed by atoms with van der Waals surface area (Å²) >= 11 is 0. The van der Waals surface area contributed by atoms with Crippen LogP contribution in [0.3, 0.4) is 0 Å². The number of rotatable bonds is 5. The zero-order valence-electron chi connectivity index (χ0n) is 15.9. The molecule has 0 radical (unpaired) electrons. The van der Waals surface area contributed by atoms with E-state index in [1.54, 1.807) is 7.05 Å². The second-order valence-electron chi connectivity index (χ2n) is 8.50. The van der Waals surface area contributed by atoms with Crippen molar-refractivity contribution in [3.8, 4) is 0 Å². The van der Waals surface area contributed by atoms with Gasteiger partial charge in [0.05, 0.1) is 6.61 Å². The normalized spacial score (nSPS) is 25.6. The van der Waals surface area contributed by atoms with E-state index >= 15 is 0 Å². The minimum atomic E-state index is -0.135. The van der Waals surface area contributed by atoms with Gasteiger partial charge in [-0.05, 0) is 36.5 Å². The first-order valence-electron chi connectivity index (χ1n) is 10.0. The third-order valence-electron chi connectivity index (χ3n) is 6.32. The lowest BCUT2D eigenvalue weighted by Gasteiger charge is -2.55. The van der Waals surface area contributed by atoms with Crippen LogP contribution in [0, 0.1) is 5.92 Å². The molecule has 1 aromatic heterocycles. The van der Waals surface area contributed by atoms with Gasteiger partial charge in [-0.1, -0.05) is 12.1 Å². The van der Waals surface area contributed by atoms with Crippen molar-refractivity contribution >= 4 is 16.8 Å². The lowest BCUT2D eigenvalue weighted by Crippen LogP contribution is -2.72. The third-order valence-corrected chi connectivity index (χ3v) is 6.32. The van der Waals surface area contributed by atoms with Gasteiger partial charge in [-0.3, -0.25) is 14.6 Å². The Bertz CT molecular complexity index is 838. The number of carbonyl (C=O) groups excluding carboxylic acids is 1. The van der Waals surface area contributed by atoms with E-state index in [9.17, 15) is 4.79 Å². The van der Waals surface area contributed by atoms with Crippen molar-refractivity contribution in [1.82, 2.24) is 20.1 Å². The highest BCUT2D eigenvalue weighted by Crippen LogP contribution is 2.36. The summed E-state index contributed by atoms with van der Waals surface area (Å²) in [6, 6.07) is 8.47. The fourth-order valence-corrected chi connectivity index (χ4v) is 4.72. The van der Waals surface area contributed by atoms with Crippen LogP contribution in [-0.4, -0.2) is 72.2 Å². The van der Waals surface area contributed by atoms with Gasteiger partial charge in [0.15, 0.2) is 0 Å². The molecule has 2 saturated heterocycles. The van der Waals surface area contributed by atoms with E-state index in [4.69, 9.17) is 4.74 Å². The van der Waals surface area contributed by atoms with E-state index in [2.05, 4.69) is 44.4 Å². The Labute approximate surface area is 159 Å². The Morgan fingerprint density at radius 3 is 2.93 bits per heavy atom. The average molecular weight is 368 g/mol. The summed E-state index contributed by atoms with van der Waals surface area (Å²) in [5.41, 5.74) is 2.45. The predicted molar refractivity (Wildman–Crippen MR) is 104 cm³/mol. The molecule has 1 atom stereocenters. The van der Waals surface area contributed by atoms with Crippen molar-refractivity contribution in [3.05, 3.63) is 36.0 Å². The minimum absolute atomic E-state index is 0.0841. The van der Waals surface area contributed by atoms with Gasteiger partial charge in [0.25, 0.3) is 0 Å². The van der Waals surface area contributed by atoms with Crippen LogP contribution in [-0.2, 0) is 16.1 Å². The molecule has 3 heterocycles. The van der Waals surface area contributed by atoms with Gasteiger partial charge < -0.3 is 15.0 Å². The van der Waals surface area contributed by atoms with Crippen LogP contribution >= 0.6 is 0 Å². The molecule has 3 fully saturated rings. The van der Waals surface area contributed by atoms with Crippen LogP contribution in [0.2, 0.25) is 0 Å². The molecule has 1 saturated carbocycles. The third kappa shape index (κ3) is 3.26. The monoisotopic (exact) mass is 368 g/mol. The molecule has 1 amide bonds. The number of nitrogens with zero attached hydrogens (tertiary/aromatic N) is 2. The summed E-state index contributed by atoms with van der Waals surface area (Å²) in [5.74, 6) is 0.857. The van der Waals surface area contributed by atoms with Gasteiger partial charge in [-0.15, -0.1) is 0 Å². The van der Waals surface area contributed by atoms with E-state index in [1.807, 2.05) is 6.20 Å². The number of hydrogen-bond acceptors (Lipinski definition) is 4. The maximum atomic E-state index is 12.3. The van der Waals surface area contributed by atoms with Crippen molar-refractivity contribution in [1.29, 1.82) is 0 Å². The van der Waals surface area contributed by atoms with Crippen LogP contribution < -0.4 is 5.32 Å². The average Bonchev–Trinajstić information content (AvgIpc) is 3.32. The van der Waals surface area contributed by atoms with Gasteiger partial charge in [0.2, 0.25) is 5.91 Å². The molecule has 2 aromatic rings. The first kappa shape index (κ1) is 17.2. The minimum Gasteiger partial charge on any atom is -0.369 e. The molecule has 2 N–H and O–H groups in total. The Balaban J connectivity index is 1.24. The van der Waals surface area contributed by atoms with Gasteiger partial charge >= 0.3 is 0 Å². The number of likely N-dealkylation sites (N-methyl/N-ethyl adjacent to an activating group) is 1. The highest BCUT2D eigenvalue weighted by molar-refractivity contribution is 5.83. The number of hydrogen-bond donors (Lipinski definition) is 2. The molecule has 0 unspecified atom stereocenters. The van der Waals surface area contributed by atoms with Crippen molar-refractivity contribution in [3.63, 3.8) is 0 Å². The second-order valence-corrected chi connectivity index (χ2v) is 8.50. The molecule has 3 aliphatic rings. The zero-order valence-corrected chi connectivity index (χ0v) is 15.9. The SMILES string of the molecule is CNC(=O)[C@@H]1COC2(CN(Cc3cccc4[nH]ccc34)C2)CN1CC1CC1. The molecule has 144 valence electrons. The fraction of sp³-hybridized carbons (Fsp3) is 0.571. The second kappa shape index (κ2) is 6.62. The van der Waals surface area contributed by atoms with E-state index in [0.29, 0.717) is 6.61 Å². The number of carbonyl (C=O) groups is 1. The predicted octanol–water partition coefficient (Wildman–Crippen LogP) is 1.58. The first-order valence-corrected chi connectivity index (χ1v) is 10.0. The summed E-state index contributed by atoms with van der Waals surface area (Å²) in [7, 11) is 1.72. The Morgan fingerprint density at radius 2 is 2.15 bits per heavy atom. The van der Waals surface area contributed by atoms with Gasteiger partial charge in [-0.2, -0.15) is 0 Å². The number of nitrogens with one attached hydrogen (secondary N) is 2. The highest BCUT2D eigenvalue weighted by Gasteiger charge is 2.50. The molecule has 1 aliphatic carbocycles. The summed E-state index contributed by atoms with van der Waals surface area (Å²) in [5, 5.41) is 4.11. The van der Waals surface area contributed by atoms with Crippen LogP contribution in [0.4, 0.5) is 0 Å². The maximum Gasteiger partial charge on any atom is 0.239 e. The standard InChI is InChI=1S/C21H28N4O2/c1-22-20(26)19-11-27-21(14-25(19)9-15-5-6-15)12-24(13-21)10-16-3-2-4-18-17(16)7-8-23-18/h2-4,7-8,15,19,23H,5-6,9-14H2,1H3,(H,22,26)/t19-/m0/s1. The van der Waals surface area contributed by atoms with Gasteiger partial charge in [0.1, 0.15) is 11.6 Å². The molecule has 6 heteroatoms. The number of benzene rings is 1. The lowest BCUT2D eigenvalue weighted by molar-refractivity contribution is -0.202. The number of aromatic nitrogens is 1. The largest absolute Gasteiger partial charge is 0.369 e. The molecule has 0 bridgehead atoms. The van der Waals surface area contributed by atoms with Crippen molar-refractivity contribution in [2.24, 2.45) is 5.92 Å². The zero-order chi connectivity index (χ0) is 18.4. The number of morpholine rings is 1. The maximum absolute atomic E-state index is 12.3. The van der Waals surface area contributed by atoms with Gasteiger partial charge in [-0.25, -0.2) is 0 Å². The molecule has 1 spiro atoms.